The van der Waals surface area contributed by atoms with E-state index in [9.17, 15) is 9.59 Å². The van der Waals surface area contributed by atoms with Gasteiger partial charge in [0.05, 0.1) is 0 Å². The molecule has 3 saturated heterocycles. The van der Waals surface area contributed by atoms with Crippen LogP contribution in [-0.4, -0.2) is 73.1 Å². The molecule has 144 valence electrons. The Labute approximate surface area is 167 Å². The van der Waals surface area contributed by atoms with Gasteiger partial charge in [-0.1, -0.05) is 0 Å². The first kappa shape index (κ1) is 17.6. The molecule has 28 heavy (non-hydrogen) atoms. The summed E-state index contributed by atoms with van der Waals surface area (Å²) in [6.07, 6.45) is 3.96. The maximum absolute atomic E-state index is 12.1. The van der Waals surface area contributed by atoms with E-state index >= 15 is 0 Å². The summed E-state index contributed by atoms with van der Waals surface area (Å²) in [5.41, 5.74) is 0.878. The van der Waals surface area contributed by atoms with Gasteiger partial charge in [-0.25, -0.2) is 0 Å². The predicted molar refractivity (Wildman–Crippen MR) is 100 cm³/mol. The van der Waals surface area contributed by atoms with E-state index in [1.807, 2.05) is 23.1 Å². The first-order chi connectivity index (χ1) is 13.6. The first-order valence-electron chi connectivity index (χ1n) is 9.16. The Morgan fingerprint density at radius 2 is 1.79 bits per heavy atom. The Morgan fingerprint density at radius 3 is 2.39 bits per heavy atom. The van der Waals surface area contributed by atoms with Gasteiger partial charge in [0.1, 0.15) is 0 Å². The molecule has 0 atom stereocenters. The molecule has 2 aromatic heterocycles. The number of anilines is 1. The number of hydrogen-bond acceptors (Lipinski definition) is 8. The molecule has 0 N–H and O–H groups in total. The fourth-order valence-corrected chi connectivity index (χ4v) is 5.45. The third kappa shape index (κ3) is 3.05. The van der Waals surface area contributed by atoms with Crippen molar-refractivity contribution in [3.63, 3.8) is 0 Å². The van der Waals surface area contributed by atoms with Crippen LogP contribution >= 0.6 is 0 Å². The summed E-state index contributed by atoms with van der Waals surface area (Å²) in [6, 6.07) is 8.24. The van der Waals surface area contributed by atoms with Crippen molar-refractivity contribution in [1.29, 1.82) is 0 Å². The van der Waals surface area contributed by atoms with E-state index in [1.165, 1.54) is 4.44 Å². The van der Waals surface area contributed by atoms with E-state index in [2.05, 4.69) is 26.1 Å². The molecule has 6 heterocycles. The van der Waals surface area contributed by atoms with Gasteiger partial charge in [-0.15, -0.1) is 0 Å². The van der Waals surface area contributed by atoms with Crippen LogP contribution in [-0.2, 0) is 19.1 Å². The third-order valence-electron chi connectivity index (χ3n) is 5.35. The van der Waals surface area contributed by atoms with Gasteiger partial charge in [0.15, 0.2) is 0 Å². The van der Waals surface area contributed by atoms with Crippen molar-refractivity contribution in [2.45, 2.75) is 24.8 Å². The average Bonchev–Trinajstić information content (AvgIpc) is 3.11. The summed E-state index contributed by atoms with van der Waals surface area (Å²) in [7, 11) is 0. The number of fused-ring (bicyclic) bond motifs is 3. The van der Waals surface area contributed by atoms with E-state index in [0.29, 0.717) is 33.4 Å². The topological polar surface area (TPSA) is 84.9 Å². The SMILES string of the molecule is O=C1C=CC(=O)OC2(CN(c3ccc(-c4ccc[se]4)nn3)C3CCN2CC3)O1. The van der Waals surface area contributed by atoms with Gasteiger partial charge in [-0.05, 0) is 0 Å². The molecular formula is C19H18N4O4Se. The number of carbonyl (C=O) groups is 2. The number of aromatic nitrogens is 2. The minimum atomic E-state index is -1.44. The van der Waals surface area contributed by atoms with Crippen LogP contribution in [0.1, 0.15) is 12.8 Å². The van der Waals surface area contributed by atoms with Gasteiger partial charge < -0.3 is 0 Å². The number of carbonyl (C=O) groups excluding carboxylic acids is 2. The van der Waals surface area contributed by atoms with Crippen molar-refractivity contribution in [3.8, 4) is 10.1 Å². The first-order valence-corrected chi connectivity index (χ1v) is 11.0. The molecule has 0 radical (unpaired) electrons. The maximum atomic E-state index is 12.1. The third-order valence-corrected chi connectivity index (χ3v) is 7.22. The molecule has 0 aliphatic carbocycles. The summed E-state index contributed by atoms with van der Waals surface area (Å²) in [4.78, 5) is 30.3. The summed E-state index contributed by atoms with van der Waals surface area (Å²) >= 11 is 0.296. The molecule has 1 spiro atoms. The quantitative estimate of drug-likeness (QED) is 0.496. The molecule has 9 heteroatoms. The molecule has 0 amide bonds. The van der Waals surface area contributed by atoms with Crippen molar-refractivity contribution in [3.05, 3.63) is 41.4 Å². The normalized spacial score (nSPS) is 25.9. The molecule has 0 saturated carbocycles. The zero-order valence-corrected chi connectivity index (χ0v) is 16.7. The van der Waals surface area contributed by atoms with Crippen LogP contribution in [0.15, 0.2) is 41.4 Å². The van der Waals surface area contributed by atoms with Crippen LogP contribution in [0.25, 0.3) is 10.1 Å². The van der Waals surface area contributed by atoms with E-state index in [1.54, 1.807) is 0 Å². The van der Waals surface area contributed by atoms with Crippen molar-refractivity contribution in [2.75, 3.05) is 24.5 Å². The second-order valence-corrected chi connectivity index (χ2v) is 8.98. The Morgan fingerprint density at radius 1 is 1.04 bits per heavy atom. The molecule has 4 aliphatic rings. The Hall–Kier alpha value is -2.48. The fraction of sp³-hybridized carbons (Fsp3) is 0.368. The van der Waals surface area contributed by atoms with Crippen molar-refractivity contribution < 1.29 is 19.1 Å². The molecule has 2 aromatic rings. The number of hydrogen-bond donors (Lipinski definition) is 0. The second-order valence-electron chi connectivity index (χ2n) is 6.99. The standard InChI is InChI=1S/C19H18N4O4Se/c24-17-5-6-18(25)27-19(26-17)12-23(13-7-9-22(19)10-8-13)16-4-3-14(20-21-16)15-2-1-11-28-15/h1-6,11,13H,7-10,12H2. The Balaban J connectivity index is 1.49. The summed E-state index contributed by atoms with van der Waals surface area (Å²) < 4.78 is 12.5. The second kappa shape index (κ2) is 6.84. The van der Waals surface area contributed by atoms with Gasteiger partial charge in [-0.3, -0.25) is 0 Å². The molecular weight excluding hydrogens is 427 g/mol. The molecule has 3 fully saturated rings. The number of piperidine rings is 1. The average molecular weight is 445 g/mol. The molecule has 4 aliphatic heterocycles. The van der Waals surface area contributed by atoms with E-state index in [4.69, 9.17) is 9.47 Å². The van der Waals surface area contributed by atoms with Gasteiger partial charge in [0, 0.05) is 0 Å². The predicted octanol–water partition coefficient (Wildman–Crippen LogP) is 0.795. The summed E-state index contributed by atoms with van der Waals surface area (Å²) in [6.45, 7) is 1.56. The molecule has 8 nitrogen and oxygen atoms in total. The molecule has 0 aromatic carbocycles. The number of rotatable bonds is 2. The van der Waals surface area contributed by atoms with Crippen LogP contribution in [0.5, 0.6) is 0 Å². The number of esters is 2. The van der Waals surface area contributed by atoms with E-state index < -0.39 is 17.8 Å². The van der Waals surface area contributed by atoms with Crippen molar-refractivity contribution in [2.24, 2.45) is 0 Å². The summed E-state index contributed by atoms with van der Waals surface area (Å²) in [5, 5.41) is 8.85. The molecule has 6 rings (SSSR count). The Bertz CT molecular complexity index is 900. The van der Waals surface area contributed by atoms with Crippen LogP contribution in [0.2, 0.25) is 0 Å². The number of nitrogens with zero attached hydrogens (tertiary/aromatic N) is 4. The monoisotopic (exact) mass is 446 g/mol. The van der Waals surface area contributed by atoms with Gasteiger partial charge in [0.25, 0.3) is 0 Å². The fourth-order valence-electron chi connectivity index (χ4n) is 4.00. The minimum absolute atomic E-state index is 0.207. The summed E-state index contributed by atoms with van der Waals surface area (Å²) in [5.74, 6) is -1.91. The zero-order valence-electron chi connectivity index (χ0n) is 15.0. The molecule has 0 unspecified atom stereocenters. The van der Waals surface area contributed by atoms with Gasteiger partial charge in [-0.2, -0.15) is 0 Å². The van der Waals surface area contributed by atoms with Crippen LogP contribution in [0.4, 0.5) is 5.82 Å². The molecule has 2 bridgehead atoms. The van der Waals surface area contributed by atoms with Gasteiger partial charge in [0.2, 0.25) is 0 Å². The van der Waals surface area contributed by atoms with Gasteiger partial charge >= 0.3 is 167 Å². The van der Waals surface area contributed by atoms with E-state index in [0.717, 1.165) is 30.7 Å². The van der Waals surface area contributed by atoms with Crippen LogP contribution in [0.3, 0.4) is 0 Å². The van der Waals surface area contributed by atoms with Crippen LogP contribution < -0.4 is 4.90 Å². The van der Waals surface area contributed by atoms with E-state index in [-0.39, 0.29) is 12.6 Å². The van der Waals surface area contributed by atoms with Crippen LogP contribution in [0, 0.1) is 0 Å². The number of ether oxygens (including phenoxy) is 2. The Kier molecular flexibility index (Phi) is 4.30. The zero-order chi connectivity index (χ0) is 19.1. The van der Waals surface area contributed by atoms with Crippen molar-refractivity contribution in [1.82, 2.24) is 15.1 Å². The van der Waals surface area contributed by atoms with Crippen molar-refractivity contribution >= 4 is 32.3 Å².